The molecule has 0 saturated heterocycles. The second-order valence-electron chi connectivity index (χ2n) is 4.55. The molecule has 2 N–H and O–H groups in total. The van der Waals surface area contributed by atoms with E-state index in [9.17, 15) is 20.3 Å². The lowest BCUT2D eigenvalue weighted by molar-refractivity contribution is -0.384. The molecule has 3 rings (SSSR count). The second-order valence-corrected chi connectivity index (χ2v) is 5.40. The summed E-state index contributed by atoms with van der Waals surface area (Å²) in [6.07, 6.45) is 0. The number of nitro benzene ring substituents is 1. The Hall–Kier alpha value is -2.93. The maximum atomic E-state index is 10.6. The normalized spacial score (nSPS) is 10.5. The van der Waals surface area contributed by atoms with E-state index in [1.807, 2.05) is 5.38 Å². The lowest BCUT2D eigenvalue weighted by Gasteiger charge is -2.00. The molecular weight excluding hydrogens is 304 g/mol. The van der Waals surface area contributed by atoms with E-state index in [0.29, 0.717) is 11.3 Å². The van der Waals surface area contributed by atoms with Crippen LogP contribution in [0.2, 0.25) is 0 Å². The Kier molecular flexibility index (Phi) is 3.48. The van der Waals surface area contributed by atoms with E-state index in [4.69, 9.17) is 0 Å². The quantitative estimate of drug-likeness (QED) is 0.435. The van der Waals surface area contributed by atoms with Crippen LogP contribution in [-0.4, -0.2) is 20.1 Å². The van der Waals surface area contributed by atoms with Gasteiger partial charge in [0.05, 0.1) is 10.6 Å². The number of phenols is 2. The Labute approximate surface area is 129 Å². The van der Waals surface area contributed by atoms with Crippen molar-refractivity contribution in [2.24, 2.45) is 0 Å². The molecule has 0 aliphatic rings. The van der Waals surface area contributed by atoms with Crippen molar-refractivity contribution in [3.63, 3.8) is 0 Å². The van der Waals surface area contributed by atoms with Crippen LogP contribution >= 0.6 is 11.3 Å². The van der Waals surface area contributed by atoms with E-state index in [0.717, 1.165) is 10.6 Å². The highest BCUT2D eigenvalue weighted by molar-refractivity contribution is 7.13. The van der Waals surface area contributed by atoms with Gasteiger partial charge in [-0.25, -0.2) is 4.98 Å². The van der Waals surface area contributed by atoms with E-state index in [-0.39, 0.29) is 17.2 Å². The minimum atomic E-state index is -0.448. The van der Waals surface area contributed by atoms with Gasteiger partial charge in [0.2, 0.25) is 0 Å². The zero-order chi connectivity index (χ0) is 15.7. The summed E-state index contributed by atoms with van der Waals surface area (Å²) in [6.45, 7) is 0. The molecule has 0 atom stereocenters. The lowest BCUT2D eigenvalue weighted by atomic mass is 10.1. The Morgan fingerprint density at radius 3 is 2.32 bits per heavy atom. The highest BCUT2D eigenvalue weighted by Gasteiger charge is 2.10. The lowest BCUT2D eigenvalue weighted by Crippen LogP contribution is -1.87. The van der Waals surface area contributed by atoms with Crippen LogP contribution in [0.5, 0.6) is 11.5 Å². The SMILES string of the molecule is O=[N+]([O-])c1ccc(-c2nc(-c3ccc(O)c(O)c3)cs2)cc1. The first-order valence-corrected chi connectivity index (χ1v) is 7.15. The van der Waals surface area contributed by atoms with Gasteiger partial charge in [-0.3, -0.25) is 10.1 Å². The van der Waals surface area contributed by atoms with Gasteiger partial charge < -0.3 is 10.2 Å². The van der Waals surface area contributed by atoms with Crippen molar-refractivity contribution < 1.29 is 15.1 Å². The molecule has 0 bridgehead atoms. The maximum absolute atomic E-state index is 10.6. The average Bonchev–Trinajstić information content (AvgIpc) is 3.00. The minimum absolute atomic E-state index is 0.0315. The van der Waals surface area contributed by atoms with Crippen molar-refractivity contribution in [3.8, 4) is 33.3 Å². The number of phenolic OH excluding ortho intramolecular Hbond substituents is 2. The number of hydrogen-bond donors (Lipinski definition) is 2. The molecule has 0 aliphatic carbocycles. The van der Waals surface area contributed by atoms with Crippen LogP contribution in [0.3, 0.4) is 0 Å². The van der Waals surface area contributed by atoms with Gasteiger partial charge in [-0.15, -0.1) is 11.3 Å². The van der Waals surface area contributed by atoms with E-state index in [1.54, 1.807) is 18.2 Å². The average molecular weight is 314 g/mol. The predicted octanol–water partition coefficient (Wildman–Crippen LogP) is 3.80. The number of rotatable bonds is 3. The smallest absolute Gasteiger partial charge is 0.269 e. The van der Waals surface area contributed by atoms with E-state index < -0.39 is 4.92 Å². The molecule has 1 aromatic heterocycles. The number of aromatic nitrogens is 1. The molecule has 1 heterocycles. The van der Waals surface area contributed by atoms with Crippen molar-refractivity contribution >= 4 is 17.0 Å². The van der Waals surface area contributed by atoms with Gasteiger partial charge in [-0.05, 0) is 30.3 Å². The van der Waals surface area contributed by atoms with Crippen LogP contribution < -0.4 is 0 Å². The summed E-state index contributed by atoms with van der Waals surface area (Å²) in [5.41, 5.74) is 2.15. The summed E-state index contributed by atoms with van der Waals surface area (Å²) in [5, 5.41) is 32.0. The maximum Gasteiger partial charge on any atom is 0.269 e. The molecule has 0 aliphatic heterocycles. The summed E-state index contributed by atoms with van der Waals surface area (Å²) < 4.78 is 0. The summed E-state index contributed by atoms with van der Waals surface area (Å²) in [5.74, 6) is -0.392. The monoisotopic (exact) mass is 314 g/mol. The number of thiazole rings is 1. The van der Waals surface area contributed by atoms with Crippen LogP contribution in [0.1, 0.15) is 0 Å². The van der Waals surface area contributed by atoms with Gasteiger partial charge in [0.15, 0.2) is 11.5 Å². The highest BCUT2D eigenvalue weighted by atomic mass is 32.1. The third-order valence-electron chi connectivity index (χ3n) is 3.10. The Morgan fingerprint density at radius 1 is 1.00 bits per heavy atom. The van der Waals surface area contributed by atoms with Crippen molar-refractivity contribution in [3.05, 3.63) is 58.0 Å². The summed E-state index contributed by atoms with van der Waals surface area (Å²) in [7, 11) is 0. The zero-order valence-electron chi connectivity index (χ0n) is 11.1. The second kappa shape index (κ2) is 5.45. The summed E-state index contributed by atoms with van der Waals surface area (Å²) >= 11 is 1.40. The van der Waals surface area contributed by atoms with Gasteiger partial charge in [0.1, 0.15) is 5.01 Å². The number of aromatic hydroxyl groups is 2. The van der Waals surface area contributed by atoms with Crippen molar-refractivity contribution in [1.29, 1.82) is 0 Å². The molecule has 0 unspecified atom stereocenters. The fourth-order valence-corrected chi connectivity index (χ4v) is 2.78. The molecule has 0 amide bonds. The Balaban J connectivity index is 1.93. The van der Waals surface area contributed by atoms with Crippen LogP contribution in [0, 0.1) is 10.1 Å². The fraction of sp³-hybridized carbons (Fsp3) is 0. The number of hydrogen-bond acceptors (Lipinski definition) is 6. The van der Waals surface area contributed by atoms with Gasteiger partial charge >= 0.3 is 0 Å². The van der Waals surface area contributed by atoms with Crippen molar-refractivity contribution in [1.82, 2.24) is 4.98 Å². The summed E-state index contributed by atoms with van der Waals surface area (Å²) in [6, 6.07) is 10.7. The topological polar surface area (TPSA) is 96.5 Å². The van der Waals surface area contributed by atoms with Gasteiger partial charge in [0.25, 0.3) is 5.69 Å². The zero-order valence-corrected chi connectivity index (χ0v) is 11.9. The van der Waals surface area contributed by atoms with Crippen molar-refractivity contribution in [2.45, 2.75) is 0 Å². The molecule has 110 valence electrons. The first-order valence-electron chi connectivity index (χ1n) is 6.27. The highest BCUT2D eigenvalue weighted by Crippen LogP contribution is 2.33. The van der Waals surface area contributed by atoms with E-state index in [2.05, 4.69) is 4.98 Å². The molecule has 22 heavy (non-hydrogen) atoms. The molecule has 0 fully saturated rings. The largest absolute Gasteiger partial charge is 0.504 e. The number of benzene rings is 2. The number of nitro groups is 1. The Morgan fingerprint density at radius 2 is 1.68 bits per heavy atom. The first-order chi connectivity index (χ1) is 10.5. The molecular formula is C15H10N2O4S. The van der Waals surface area contributed by atoms with Crippen LogP contribution in [0.15, 0.2) is 47.8 Å². The standard InChI is InChI=1S/C15H10N2O4S/c18-13-6-3-10(7-14(13)19)12-8-22-15(16-12)9-1-4-11(5-2-9)17(20)21/h1-8,18-19H. The minimum Gasteiger partial charge on any atom is -0.504 e. The molecule has 0 spiro atoms. The molecule has 7 heteroatoms. The summed E-state index contributed by atoms with van der Waals surface area (Å²) in [4.78, 5) is 14.6. The molecule has 0 saturated carbocycles. The number of nitrogens with zero attached hydrogens (tertiary/aromatic N) is 2. The van der Waals surface area contributed by atoms with Gasteiger partial charge in [-0.1, -0.05) is 0 Å². The van der Waals surface area contributed by atoms with Crippen molar-refractivity contribution in [2.75, 3.05) is 0 Å². The third-order valence-corrected chi connectivity index (χ3v) is 3.99. The van der Waals surface area contributed by atoms with Crippen LogP contribution in [-0.2, 0) is 0 Å². The van der Waals surface area contributed by atoms with E-state index >= 15 is 0 Å². The molecule has 0 radical (unpaired) electrons. The third kappa shape index (κ3) is 2.61. The fourth-order valence-electron chi connectivity index (χ4n) is 1.95. The first kappa shape index (κ1) is 14.0. The van der Waals surface area contributed by atoms with Gasteiger partial charge in [-0.2, -0.15) is 0 Å². The number of non-ortho nitro benzene ring substituents is 1. The van der Waals surface area contributed by atoms with Gasteiger partial charge in [0, 0.05) is 28.6 Å². The van der Waals surface area contributed by atoms with Crippen LogP contribution in [0.4, 0.5) is 5.69 Å². The van der Waals surface area contributed by atoms with Crippen LogP contribution in [0.25, 0.3) is 21.8 Å². The molecule has 2 aromatic carbocycles. The van der Waals surface area contributed by atoms with E-state index in [1.165, 1.54) is 35.6 Å². The predicted molar refractivity (Wildman–Crippen MR) is 83.0 cm³/mol. The molecule has 6 nitrogen and oxygen atoms in total. The molecule has 3 aromatic rings. The Bertz CT molecular complexity index is 843.